The highest BCUT2D eigenvalue weighted by Crippen LogP contribution is 2.24. The second-order valence-corrected chi connectivity index (χ2v) is 5.19. The number of nitro groups is 1. The molecule has 0 atom stereocenters. The number of hydrogen-bond acceptors (Lipinski definition) is 5. The Kier molecular flexibility index (Phi) is 4.95. The van der Waals surface area contributed by atoms with Gasteiger partial charge in [0.1, 0.15) is 11.5 Å². The Morgan fingerprint density at radius 3 is 2.30 bits per heavy atom. The summed E-state index contributed by atoms with van der Waals surface area (Å²) in [6, 6.07) is 9.80. The van der Waals surface area contributed by atoms with Crippen LogP contribution in [0, 0.1) is 30.9 Å². The zero-order valence-corrected chi connectivity index (χ0v) is 13.2. The molecular weight excluding hydrogens is 298 g/mol. The van der Waals surface area contributed by atoms with E-state index in [2.05, 4.69) is 0 Å². The maximum atomic E-state index is 11.9. The minimum absolute atomic E-state index is 0.0204. The van der Waals surface area contributed by atoms with Gasteiger partial charge in [-0.05, 0) is 43.5 Å². The lowest BCUT2D eigenvalue weighted by molar-refractivity contribution is -0.384. The van der Waals surface area contributed by atoms with Crippen molar-refractivity contribution in [2.45, 2.75) is 20.8 Å². The number of nitro benzene ring substituents is 1. The largest absolute Gasteiger partial charge is 0.482 e. The first-order chi connectivity index (χ1) is 10.9. The lowest BCUT2D eigenvalue weighted by Gasteiger charge is -2.11. The number of aryl methyl sites for hydroxylation is 3. The monoisotopic (exact) mass is 315 g/mol. The molecule has 0 aromatic heterocycles. The number of ether oxygens (including phenoxy) is 2. The first-order valence-electron chi connectivity index (χ1n) is 7.03. The van der Waals surface area contributed by atoms with E-state index >= 15 is 0 Å². The lowest BCUT2D eigenvalue weighted by Crippen LogP contribution is -2.19. The first-order valence-corrected chi connectivity index (χ1v) is 7.03. The molecule has 0 amide bonds. The standard InChI is InChI=1S/C17H17NO5/c1-11-5-4-6-12(2)17(11)23-16(19)10-22-15-8-7-14(18(20)21)9-13(15)3/h4-9H,10H2,1-3H3. The van der Waals surface area contributed by atoms with Crippen molar-refractivity contribution in [1.29, 1.82) is 0 Å². The first kappa shape index (κ1) is 16.5. The minimum Gasteiger partial charge on any atom is -0.482 e. The van der Waals surface area contributed by atoms with Crippen LogP contribution in [0.2, 0.25) is 0 Å². The van der Waals surface area contributed by atoms with Crippen LogP contribution < -0.4 is 9.47 Å². The van der Waals surface area contributed by atoms with Gasteiger partial charge in [-0.25, -0.2) is 4.79 Å². The lowest BCUT2D eigenvalue weighted by atomic mass is 10.1. The summed E-state index contributed by atoms with van der Waals surface area (Å²) in [5.74, 6) is 0.413. The number of para-hydroxylation sites is 1. The molecule has 0 aliphatic heterocycles. The summed E-state index contributed by atoms with van der Waals surface area (Å²) in [7, 11) is 0. The molecule has 0 N–H and O–H groups in total. The third-order valence-electron chi connectivity index (χ3n) is 3.34. The van der Waals surface area contributed by atoms with Crippen LogP contribution >= 0.6 is 0 Å². The number of rotatable bonds is 5. The van der Waals surface area contributed by atoms with Crippen LogP contribution in [0.5, 0.6) is 11.5 Å². The summed E-state index contributed by atoms with van der Waals surface area (Å²) in [6.07, 6.45) is 0. The van der Waals surface area contributed by atoms with E-state index in [0.29, 0.717) is 17.1 Å². The van der Waals surface area contributed by atoms with Gasteiger partial charge in [0.25, 0.3) is 5.69 Å². The number of carbonyl (C=O) groups excluding carboxylic acids is 1. The summed E-state index contributed by atoms with van der Waals surface area (Å²) < 4.78 is 10.7. The number of benzene rings is 2. The van der Waals surface area contributed by atoms with Crippen LogP contribution in [-0.2, 0) is 4.79 Å². The fourth-order valence-corrected chi connectivity index (χ4v) is 2.15. The van der Waals surface area contributed by atoms with Crippen molar-refractivity contribution in [3.05, 3.63) is 63.2 Å². The van der Waals surface area contributed by atoms with E-state index in [1.165, 1.54) is 18.2 Å². The molecule has 120 valence electrons. The zero-order valence-electron chi connectivity index (χ0n) is 13.2. The van der Waals surface area contributed by atoms with Crippen LogP contribution in [0.15, 0.2) is 36.4 Å². The molecule has 0 bridgehead atoms. The van der Waals surface area contributed by atoms with Crippen LogP contribution in [0.3, 0.4) is 0 Å². The Morgan fingerprint density at radius 1 is 1.09 bits per heavy atom. The molecule has 6 heteroatoms. The van der Waals surface area contributed by atoms with Gasteiger partial charge in [-0.3, -0.25) is 10.1 Å². The number of nitrogens with zero attached hydrogens (tertiary/aromatic N) is 1. The van der Waals surface area contributed by atoms with Crippen molar-refractivity contribution in [3.8, 4) is 11.5 Å². The topological polar surface area (TPSA) is 78.7 Å². The summed E-state index contributed by atoms with van der Waals surface area (Å²) >= 11 is 0. The van der Waals surface area contributed by atoms with Gasteiger partial charge in [0.2, 0.25) is 0 Å². The Labute approximate surface area is 133 Å². The van der Waals surface area contributed by atoms with E-state index in [-0.39, 0.29) is 12.3 Å². The molecule has 0 unspecified atom stereocenters. The van der Waals surface area contributed by atoms with Gasteiger partial charge in [-0.2, -0.15) is 0 Å². The number of carbonyl (C=O) groups is 1. The number of non-ortho nitro benzene ring substituents is 1. The third-order valence-corrected chi connectivity index (χ3v) is 3.34. The average molecular weight is 315 g/mol. The molecule has 6 nitrogen and oxygen atoms in total. The molecule has 2 rings (SSSR count). The second-order valence-electron chi connectivity index (χ2n) is 5.19. The molecule has 0 aliphatic carbocycles. The van der Waals surface area contributed by atoms with Gasteiger partial charge in [-0.15, -0.1) is 0 Å². The van der Waals surface area contributed by atoms with Crippen molar-refractivity contribution in [3.63, 3.8) is 0 Å². The van der Waals surface area contributed by atoms with E-state index in [4.69, 9.17) is 9.47 Å². The van der Waals surface area contributed by atoms with Crippen molar-refractivity contribution >= 4 is 11.7 Å². The van der Waals surface area contributed by atoms with Crippen LogP contribution in [-0.4, -0.2) is 17.5 Å². The smallest absolute Gasteiger partial charge is 0.349 e. The summed E-state index contributed by atoms with van der Waals surface area (Å²) in [5.41, 5.74) is 2.29. The molecule has 0 heterocycles. The molecule has 0 saturated carbocycles. The molecule has 0 saturated heterocycles. The highest BCUT2D eigenvalue weighted by molar-refractivity contribution is 5.75. The van der Waals surface area contributed by atoms with Crippen LogP contribution in [0.1, 0.15) is 16.7 Å². The van der Waals surface area contributed by atoms with Gasteiger partial charge >= 0.3 is 5.97 Å². The van der Waals surface area contributed by atoms with E-state index in [9.17, 15) is 14.9 Å². The Bertz CT molecular complexity index is 734. The predicted octanol–water partition coefficient (Wildman–Crippen LogP) is 3.50. The second kappa shape index (κ2) is 6.91. The normalized spacial score (nSPS) is 10.2. The molecule has 0 radical (unpaired) electrons. The zero-order chi connectivity index (χ0) is 17.0. The van der Waals surface area contributed by atoms with Gasteiger partial charge < -0.3 is 9.47 Å². The van der Waals surface area contributed by atoms with Crippen LogP contribution in [0.25, 0.3) is 0 Å². The van der Waals surface area contributed by atoms with Crippen LogP contribution in [0.4, 0.5) is 5.69 Å². The summed E-state index contributed by atoms with van der Waals surface area (Å²) in [6.45, 7) is 5.12. The quantitative estimate of drug-likeness (QED) is 0.365. The molecule has 0 fully saturated rings. The van der Waals surface area contributed by atoms with E-state index in [0.717, 1.165) is 11.1 Å². The third kappa shape index (κ3) is 4.06. The molecule has 2 aromatic rings. The molecule has 0 aliphatic rings. The van der Waals surface area contributed by atoms with E-state index in [1.54, 1.807) is 6.92 Å². The maximum Gasteiger partial charge on any atom is 0.349 e. The fraction of sp³-hybridized carbons (Fsp3) is 0.235. The van der Waals surface area contributed by atoms with Gasteiger partial charge in [0, 0.05) is 12.1 Å². The van der Waals surface area contributed by atoms with Crippen molar-refractivity contribution in [2.75, 3.05) is 6.61 Å². The Hall–Kier alpha value is -2.89. The highest BCUT2D eigenvalue weighted by Gasteiger charge is 2.13. The highest BCUT2D eigenvalue weighted by atomic mass is 16.6. The Morgan fingerprint density at radius 2 is 1.74 bits per heavy atom. The molecular formula is C17H17NO5. The summed E-state index contributed by atoms with van der Waals surface area (Å²) in [5, 5.41) is 10.7. The SMILES string of the molecule is Cc1cc([N+](=O)[O-])ccc1OCC(=O)Oc1c(C)cccc1C. The molecule has 0 spiro atoms. The number of hydrogen-bond donors (Lipinski definition) is 0. The van der Waals surface area contributed by atoms with Gasteiger partial charge in [-0.1, -0.05) is 18.2 Å². The van der Waals surface area contributed by atoms with E-state index < -0.39 is 10.9 Å². The molecule has 2 aromatic carbocycles. The van der Waals surface area contributed by atoms with Crippen molar-refractivity contribution < 1.29 is 19.2 Å². The Balaban J connectivity index is 2.01. The summed E-state index contributed by atoms with van der Waals surface area (Å²) in [4.78, 5) is 22.1. The minimum atomic E-state index is -0.528. The van der Waals surface area contributed by atoms with Gasteiger partial charge in [0.15, 0.2) is 6.61 Å². The van der Waals surface area contributed by atoms with Gasteiger partial charge in [0.05, 0.1) is 4.92 Å². The fourth-order valence-electron chi connectivity index (χ4n) is 2.15. The van der Waals surface area contributed by atoms with Crippen molar-refractivity contribution in [1.82, 2.24) is 0 Å². The maximum absolute atomic E-state index is 11.9. The average Bonchev–Trinajstić information content (AvgIpc) is 2.49. The molecule has 23 heavy (non-hydrogen) atoms. The number of esters is 1. The van der Waals surface area contributed by atoms with E-state index in [1.807, 2.05) is 32.0 Å². The van der Waals surface area contributed by atoms with Crippen molar-refractivity contribution in [2.24, 2.45) is 0 Å². The predicted molar refractivity (Wildman–Crippen MR) is 84.9 cm³/mol.